The molecule has 2 amide bonds. The Morgan fingerprint density at radius 2 is 1.67 bits per heavy atom. The van der Waals surface area contributed by atoms with Gasteiger partial charge in [-0.1, -0.05) is 41.9 Å². The molecule has 1 fully saturated rings. The number of amides is 2. The van der Waals surface area contributed by atoms with Crippen molar-refractivity contribution >= 4 is 29.5 Å². The van der Waals surface area contributed by atoms with Crippen molar-refractivity contribution in [1.29, 1.82) is 5.26 Å². The number of carbonyl (C=O) groups is 2. The Labute approximate surface area is 289 Å². The van der Waals surface area contributed by atoms with Gasteiger partial charge in [-0.25, -0.2) is 18.4 Å². The van der Waals surface area contributed by atoms with Crippen LogP contribution in [0.5, 0.6) is 11.5 Å². The molecule has 49 heavy (non-hydrogen) atoms. The maximum absolute atomic E-state index is 16.8. The number of nitriles is 1. The highest BCUT2D eigenvalue weighted by Crippen LogP contribution is 2.54. The molecule has 258 valence electrons. The third-order valence-corrected chi connectivity index (χ3v) is 9.11. The number of ether oxygens (including phenoxy) is 4. The second kappa shape index (κ2) is 12.4. The van der Waals surface area contributed by atoms with Gasteiger partial charge in [-0.3, -0.25) is 4.90 Å². The van der Waals surface area contributed by atoms with Crippen LogP contribution in [0.3, 0.4) is 0 Å². The molecule has 2 atom stereocenters. The Morgan fingerprint density at radius 3 is 2.33 bits per heavy atom. The van der Waals surface area contributed by atoms with Gasteiger partial charge in [-0.15, -0.1) is 0 Å². The van der Waals surface area contributed by atoms with Crippen molar-refractivity contribution in [1.82, 2.24) is 4.90 Å². The molecular formula is C37H38ClF2N3O6. The summed E-state index contributed by atoms with van der Waals surface area (Å²) in [4.78, 5) is 29.5. The molecular weight excluding hydrogens is 656 g/mol. The molecule has 12 heteroatoms. The molecule has 3 heterocycles. The highest BCUT2D eigenvalue weighted by atomic mass is 35.5. The largest absolute Gasteiger partial charge is 0.486 e. The second-order valence-electron chi connectivity index (χ2n) is 14.4. The molecule has 6 rings (SSSR count). The van der Waals surface area contributed by atoms with Crippen LogP contribution in [0.2, 0.25) is 5.02 Å². The van der Waals surface area contributed by atoms with Gasteiger partial charge >= 0.3 is 12.2 Å². The summed E-state index contributed by atoms with van der Waals surface area (Å²) >= 11 is 6.68. The number of rotatable bonds is 3. The van der Waals surface area contributed by atoms with E-state index in [9.17, 15) is 14.9 Å². The van der Waals surface area contributed by atoms with Crippen molar-refractivity contribution in [2.75, 3.05) is 24.6 Å². The van der Waals surface area contributed by atoms with Crippen LogP contribution >= 0.6 is 11.6 Å². The maximum Gasteiger partial charge on any atom is 0.415 e. The van der Waals surface area contributed by atoms with Gasteiger partial charge in [-0.2, -0.15) is 5.26 Å². The van der Waals surface area contributed by atoms with Gasteiger partial charge in [0.1, 0.15) is 29.4 Å². The van der Waals surface area contributed by atoms with E-state index in [0.717, 1.165) is 11.6 Å². The fourth-order valence-corrected chi connectivity index (χ4v) is 7.13. The van der Waals surface area contributed by atoms with Gasteiger partial charge in [0.2, 0.25) is 0 Å². The lowest BCUT2D eigenvalue weighted by Crippen LogP contribution is -2.53. The number of anilines is 1. The lowest BCUT2D eigenvalue weighted by Gasteiger charge is -2.40. The topological polar surface area (TPSA) is 101 Å². The predicted octanol–water partition coefficient (Wildman–Crippen LogP) is 8.52. The first-order chi connectivity index (χ1) is 23.0. The average molecular weight is 694 g/mol. The summed E-state index contributed by atoms with van der Waals surface area (Å²) in [5.41, 5.74) is -2.25. The normalized spacial score (nSPS) is 20.1. The van der Waals surface area contributed by atoms with E-state index in [4.69, 9.17) is 30.5 Å². The molecule has 0 aliphatic carbocycles. The van der Waals surface area contributed by atoms with Crippen LogP contribution in [0.4, 0.5) is 24.1 Å². The van der Waals surface area contributed by atoms with Crippen molar-refractivity contribution in [3.05, 3.63) is 75.8 Å². The van der Waals surface area contributed by atoms with Crippen LogP contribution in [0.25, 0.3) is 11.1 Å². The van der Waals surface area contributed by atoms with E-state index in [-0.39, 0.29) is 53.4 Å². The van der Waals surface area contributed by atoms with Crippen LogP contribution in [-0.4, -0.2) is 54.0 Å². The Balaban J connectivity index is 1.51. The molecule has 3 aromatic rings. The van der Waals surface area contributed by atoms with Crippen LogP contribution in [0, 0.1) is 23.0 Å². The SMILES string of the molecule is CC(C)(C)OC(=O)N1CCOc2c1cc(C#N)c(-c1c(Cl)c(F)cc3c1C[C@](c1ccccc1)([C@@H]1CCCN1C(=O)OC(C)(C)C)O3)c2F. The predicted molar refractivity (Wildman–Crippen MR) is 179 cm³/mol. The third-order valence-electron chi connectivity index (χ3n) is 8.74. The van der Waals surface area contributed by atoms with Crippen LogP contribution in [0.15, 0.2) is 42.5 Å². The second-order valence-corrected chi connectivity index (χ2v) is 14.8. The summed E-state index contributed by atoms with van der Waals surface area (Å²) in [6.07, 6.45) is 0.0544. The number of hydrogen-bond acceptors (Lipinski definition) is 7. The summed E-state index contributed by atoms with van der Waals surface area (Å²) in [6, 6.07) is 13.2. The van der Waals surface area contributed by atoms with Crippen molar-refractivity contribution in [2.45, 2.75) is 83.6 Å². The third kappa shape index (κ3) is 6.23. The van der Waals surface area contributed by atoms with Crippen LogP contribution < -0.4 is 14.4 Å². The number of hydrogen-bond donors (Lipinski definition) is 0. The van der Waals surface area contributed by atoms with Crippen molar-refractivity contribution in [3.8, 4) is 28.7 Å². The van der Waals surface area contributed by atoms with E-state index in [2.05, 4.69) is 0 Å². The summed E-state index contributed by atoms with van der Waals surface area (Å²) in [7, 11) is 0. The summed E-state index contributed by atoms with van der Waals surface area (Å²) in [6.45, 7) is 10.9. The van der Waals surface area contributed by atoms with E-state index < -0.39 is 51.7 Å². The van der Waals surface area contributed by atoms with Gasteiger partial charge < -0.3 is 23.8 Å². The molecule has 1 saturated heterocycles. The lowest BCUT2D eigenvalue weighted by atomic mass is 9.79. The minimum atomic E-state index is -1.23. The van der Waals surface area contributed by atoms with E-state index >= 15 is 8.78 Å². The zero-order valence-corrected chi connectivity index (χ0v) is 29.0. The number of benzene rings is 3. The number of halogens is 3. The van der Waals surface area contributed by atoms with Gasteiger partial charge in [0.15, 0.2) is 17.2 Å². The minimum Gasteiger partial charge on any atom is -0.486 e. The smallest absolute Gasteiger partial charge is 0.415 e. The number of carbonyl (C=O) groups excluding carboxylic acids is 2. The Morgan fingerprint density at radius 1 is 1.00 bits per heavy atom. The fraction of sp³-hybridized carbons (Fsp3) is 0.432. The zero-order chi connectivity index (χ0) is 35.5. The molecule has 9 nitrogen and oxygen atoms in total. The minimum absolute atomic E-state index is 0.0105. The Hall–Kier alpha value is -4.56. The summed E-state index contributed by atoms with van der Waals surface area (Å²) in [5.74, 6) is -2.05. The molecule has 3 aromatic carbocycles. The fourth-order valence-electron chi connectivity index (χ4n) is 6.87. The molecule has 0 spiro atoms. The zero-order valence-electron chi connectivity index (χ0n) is 28.3. The van der Waals surface area contributed by atoms with Gasteiger partial charge in [-0.05, 0) is 66.0 Å². The van der Waals surface area contributed by atoms with Gasteiger partial charge in [0.05, 0.1) is 34.9 Å². The maximum atomic E-state index is 16.8. The van der Waals surface area contributed by atoms with Gasteiger partial charge in [0, 0.05) is 35.7 Å². The monoisotopic (exact) mass is 693 g/mol. The number of likely N-dealkylation sites (tertiary alicyclic amines) is 1. The molecule has 0 bridgehead atoms. The van der Waals surface area contributed by atoms with E-state index in [0.29, 0.717) is 24.9 Å². The first kappa shape index (κ1) is 34.3. The highest BCUT2D eigenvalue weighted by molar-refractivity contribution is 6.34. The quantitative estimate of drug-likeness (QED) is 0.271. The molecule has 3 aliphatic heterocycles. The molecule has 3 aliphatic rings. The first-order valence-corrected chi connectivity index (χ1v) is 16.6. The van der Waals surface area contributed by atoms with Crippen molar-refractivity contribution in [3.63, 3.8) is 0 Å². The average Bonchev–Trinajstić information content (AvgIpc) is 3.67. The summed E-state index contributed by atoms with van der Waals surface area (Å²) in [5, 5.41) is 9.94. The van der Waals surface area contributed by atoms with Crippen LogP contribution in [0.1, 0.15) is 71.1 Å². The van der Waals surface area contributed by atoms with E-state index in [1.165, 1.54) is 11.0 Å². The number of nitrogens with zero attached hydrogens (tertiary/aromatic N) is 3. The molecule has 0 saturated carbocycles. The molecule has 0 radical (unpaired) electrons. The first-order valence-electron chi connectivity index (χ1n) is 16.2. The number of fused-ring (bicyclic) bond motifs is 2. The van der Waals surface area contributed by atoms with Crippen LogP contribution in [-0.2, 0) is 21.5 Å². The summed E-state index contributed by atoms with van der Waals surface area (Å²) < 4.78 is 56.4. The lowest BCUT2D eigenvalue weighted by molar-refractivity contribution is -0.0216. The molecule has 0 aromatic heterocycles. The highest BCUT2D eigenvalue weighted by Gasteiger charge is 2.54. The standard InChI is InChI=1S/C37H38ClF2N3O6/c1-35(2,3)48-33(44)42-15-16-46-32-25(42)17-21(20-41)28(31(32)40)29-23-19-37(22-11-8-7-9-12-22,47-26(23)18-24(39)30(29)38)27-13-10-14-43(27)34(45)49-36(4,5)6/h7-9,11-12,17-18,27H,10,13-16,19H2,1-6H3/t27-,37-/m0/s1. The van der Waals surface area contributed by atoms with Crippen molar-refractivity contribution in [2.24, 2.45) is 0 Å². The van der Waals surface area contributed by atoms with E-state index in [1.54, 1.807) is 46.4 Å². The van der Waals surface area contributed by atoms with Gasteiger partial charge in [0.25, 0.3) is 0 Å². The Kier molecular flexibility index (Phi) is 8.68. The molecule has 0 unspecified atom stereocenters. The Bertz CT molecular complexity index is 1870. The molecule has 0 N–H and O–H groups in total. The van der Waals surface area contributed by atoms with E-state index in [1.807, 2.05) is 36.4 Å². The van der Waals surface area contributed by atoms with Crippen molar-refractivity contribution < 1.29 is 37.3 Å².